The van der Waals surface area contributed by atoms with Gasteiger partial charge >= 0.3 is 6.18 Å². The highest BCUT2D eigenvalue weighted by atomic mass is 19.4. The number of benzene rings is 1. The maximum absolute atomic E-state index is 12.6. The number of carbonyl (C=O) groups is 1. The SMILES string of the molecule is O=C(CC[C@H]1CCCN(Cc2ccco2)C1)Nc1ccc(C(F)(F)F)cc1. The zero-order valence-electron chi connectivity index (χ0n) is 15.0. The van der Waals surface area contributed by atoms with Gasteiger partial charge in [-0.1, -0.05) is 0 Å². The molecule has 3 rings (SSSR count). The first-order valence-corrected chi connectivity index (χ1v) is 9.12. The number of anilines is 1. The number of halogens is 3. The molecule has 146 valence electrons. The topological polar surface area (TPSA) is 45.5 Å². The van der Waals surface area contributed by atoms with Crippen LogP contribution >= 0.6 is 0 Å². The number of rotatable bonds is 6. The standard InChI is InChI=1S/C20H23F3N2O2/c21-20(22,23)16-6-8-17(9-7-16)24-19(26)10-5-15-3-1-11-25(13-15)14-18-4-2-12-27-18/h2,4,6-9,12,15H,1,3,5,10-11,13-14H2,(H,24,26)/t15-/m1/s1. The molecule has 0 spiro atoms. The van der Waals surface area contributed by atoms with Crippen molar-refractivity contribution in [1.29, 1.82) is 0 Å². The van der Waals surface area contributed by atoms with Crippen LogP contribution in [-0.2, 0) is 17.5 Å². The summed E-state index contributed by atoms with van der Waals surface area (Å²) in [4.78, 5) is 14.4. The van der Waals surface area contributed by atoms with Crippen molar-refractivity contribution in [2.45, 2.75) is 38.4 Å². The van der Waals surface area contributed by atoms with E-state index >= 15 is 0 Å². The van der Waals surface area contributed by atoms with E-state index in [1.807, 2.05) is 12.1 Å². The zero-order valence-corrected chi connectivity index (χ0v) is 15.0. The third kappa shape index (κ3) is 5.85. The second-order valence-electron chi connectivity index (χ2n) is 6.98. The number of hydrogen-bond acceptors (Lipinski definition) is 3. The fourth-order valence-corrected chi connectivity index (χ4v) is 3.45. The predicted octanol–water partition coefficient (Wildman–Crippen LogP) is 4.93. The Labute approximate surface area is 156 Å². The lowest BCUT2D eigenvalue weighted by molar-refractivity contribution is -0.137. The highest BCUT2D eigenvalue weighted by Crippen LogP contribution is 2.30. The minimum atomic E-state index is -4.37. The van der Waals surface area contributed by atoms with Gasteiger partial charge in [0.2, 0.25) is 5.91 Å². The molecule has 0 saturated carbocycles. The molecule has 1 amide bonds. The Morgan fingerprint density at radius 1 is 1.22 bits per heavy atom. The fourth-order valence-electron chi connectivity index (χ4n) is 3.45. The molecular formula is C20H23F3N2O2. The van der Waals surface area contributed by atoms with E-state index in [0.717, 1.165) is 56.8 Å². The van der Waals surface area contributed by atoms with Crippen molar-refractivity contribution >= 4 is 11.6 Å². The molecule has 1 fully saturated rings. The quantitative estimate of drug-likeness (QED) is 0.773. The van der Waals surface area contributed by atoms with E-state index in [1.165, 1.54) is 12.1 Å². The first kappa shape index (κ1) is 19.5. The van der Waals surface area contributed by atoms with Gasteiger partial charge in [0.25, 0.3) is 0 Å². The van der Waals surface area contributed by atoms with Crippen molar-refractivity contribution < 1.29 is 22.4 Å². The minimum absolute atomic E-state index is 0.169. The lowest BCUT2D eigenvalue weighted by atomic mass is 9.93. The number of nitrogens with one attached hydrogen (secondary N) is 1. The smallest absolute Gasteiger partial charge is 0.416 e. The minimum Gasteiger partial charge on any atom is -0.468 e. The van der Waals surface area contributed by atoms with Crippen molar-refractivity contribution in [3.8, 4) is 0 Å². The third-order valence-corrected chi connectivity index (χ3v) is 4.84. The molecule has 1 aromatic heterocycles. The molecule has 2 aromatic rings. The molecule has 1 aromatic carbocycles. The largest absolute Gasteiger partial charge is 0.468 e. The van der Waals surface area contributed by atoms with E-state index in [1.54, 1.807) is 6.26 Å². The van der Waals surface area contributed by atoms with Crippen LogP contribution in [0.1, 0.15) is 37.0 Å². The predicted molar refractivity (Wildman–Crippen MR) is 96.0 cm³/mol. The molecule has 1 saturated heterocycles. The van der Waals surface area contributed by atoms with Gasteiger partial charge in [0.15, 0.2) is 0 Å². The van der Waals surface area contributed by atoms with Crippen LogP contribution in [0, 0.1) is 5.92 Å². The van der Waals surface area contributed by atoms with Crippen LogP contribution in [0.25, 0.3) is 0 Å². The number of piperidine rings is 1. The fraction of sp³-hybridized carbons (Fsp3) is 0.450. The van der Waals surface area contributed by atoms with Crippen LogP contribution in [0.5, 0.6) is 0 Å². The van der Waals surface area contributed by atoms with Gasteiger partial charge in [-0.2, -0.15) is 13.2 Å². The number of amides is 1. The van der Waals surface area contributed by atoms with Crippen LogP contribution in [-0.4, -0.2) is 23.9 Å². The molecule has 1 N–H and O–H groups in total. The number of alkyl halides is 3. The van der Waals surface area contributed by atoms with Crippen molar-refractivity contribution in [2.24, 2.45) is 5.92 Å². The summed E-state index contributed by atoms with van der Waals surface area (Å²) < 4.78 is 43.1. The molecule has 0 bridgehead atoms. The zero-order chi connectivity index (χ0) is 19.3. The van der Waals surface area contributed by atoms with Gasteiger partial charge < -0.3 is 9.73 Å². The van der Waals surface area contributed by atoms with Gasteiger partial charge in [0.1, 0.15) is 5.76 Å². The Bertz CT molecular complexity index is 727. The maximum atomic E-state index is 12.6. The van der Waals surface area contributed by atoms with E-state index in [4.69, 9.17) is 4.42 Å². The second-order valence-corrected chi connectivity index (χ2v) is 6.98. The van der Waals surface area contributed by atoms with E-state index < -0.39 is 11.7 Å². The number of hydrogen-bond donors (Lipinski definition) is 1. The van der Waals surface area contributed by atoms with Crippen LogP contribution in [0.4, 0.5) is 18.9 Å². The molecule has 0 unspecified atom stereocenters. The van der Waals surface area contributed by atoms with Gasteiger partial charge in [0.05, 0.1) is 18.4 Å². The molecular weight excluding hydrogens is 357 g/mol. The number of carbonyl (C=O) groups excluding carboxylic acids is 1. The van der Waals surface area contributed by atoms with Crippen molar-refractivity contribution in [1.82, 2.24) is 4.90 Å². The van der Waals surface area contributed by atoms with Crippen LogP contribution < -0.4 is 5.32 Å². The Morgan fingerprint density at radius 3 is 2.67 bits per heavy atom. The monoisotopic (exact) mass is 380 g/mol. The summed E-state index contributed by atoms with van der Waals surface area (Å²) in [6.45, 7) is 2.73. The number of nitrogens with zero attached hydrogens (tertiary/aromatic N) is 1. The normalized spacial score (nSPS) is 18.4. The lowest BCUT2D eigenvalue weighted by Crippen LogP contribution is -2.35. The van der Waals surface area contributed by atoms with Crippen molar-refractivity contribution in [3.63, 3.8) is 0 Å². The molecule has 1 aliphatic heterocycles. The number of likely N-dealkylation sites (tertiary alicyclic amines) is 1. The Balaban J connectivity index is 1.43. The molecule has 4 nitrogen and oxygen atoms in total. The molecule has 1 aliphatic rings. The molecule has 27 heavy (non-hydrogen) atoms. The first-order valence-electron chi connectivity index (χ1n) is 9.12. The van der Waals surface area contributed by atoms with E-state index in [2.05, 4.69) is 10.2 Å². The average molecular weight is 380 g/mol. The van der Waals surface area contributed by atoms with E-state index in [9.17, 15) is 18.0 Å². The van der Waals surface area contributed by atoms with Gasteiger partial charge in [-0.3, -0.25) is 9.69 Å². The summed E-state index contributed by atoms with van der Waals surface area (Å²) in [6.07, 6.45) is 0.600. The van der Waals surface area contributed by atoms with Gasteiger partial charge in [-0.25, -0.2) is 0 Å². The Hall–Kier alpha value is -2.28. The summed E-state index contributed by atoms with van der Waals surface area (Å²) in [7, 11) is 0. The molecule has 7 heteroatoms. The summed E-state index contributed by atoms with van der Waals surface area (Å²) in [5, 5.41) is 2.67. The third-order valence-electron chi connectivity index (χ3n) is 4.84. The van der Waals surface area contributed by atoms with Crippen molar-refractivity contribution in [3.05, 3.63) is 54.0 Å². The average Bonchev–Trinajstić information content (AvgIpc) is 3.13. The van der Waals surface area contributed by atoms with E-state index in [-0.39, 0.29) is 5.91 Å². The Kier molecular flexibility index (Phi) is 6.21. The highest BCUT2D eigenvalue weighted by Gasteiger charge is 2.30. The molecule has 0 radical (unpaired) electrons. The highest BCUT2D eigenvalue weighted by molar-refractivity contribution is 5.90. The van der Waals surface area contributed by atoms with Gasteiger partial charge in [-0.15, -0.1) is 0 Å². The van der Waals surface area contributed by atoms with Crippen LogP contribution in [0.2, 0.25) is 0 Å². The van der Waals surface area contributed by atoms with Gasteiger partial charge in [-0.05, 0) is 68.1 Å². The van der Waals surface area contributed by atoms with Crippen LogP contribution in [0.3, 0.4) is 0 Å². The van der Waals surface area contributed by atoms with Gasteiger partial charge in [0, 0.05) is 18.7 Å². The first-order chi connectivity index (χ1) is 12.9. The van der Waals surface area contributed by atoms with Crippen LogP contribution in [0.15, 0.2) is 47.1 Å². The molecule has 2 heterocycles. The summed E-state index contributed by atoms with van der Waals surface area (Å²) in [5.74, 6) is 1.21. The van der Waals surface area contributed by atoms with E-state index in [0.29, 0.717) is 18.0 Å². The Morgan fingerprint density at radius 2 is 2.00 bits per heavy atom. The molecule has 1 atom stereocenters. The van der Waals surface area contributed by atoms with Crippen molar-refractivity contribution in [2.75, 3.05) is 18.4 Å². The summed E-state index contributed by atoms with van der Waals surface area (Å²) >= 11 is 0. The summed E-state index contributed by atoms with van der Waals surface area (Å²) in [6, 6.07) is 8.36. The number of furan rings is 1. The summed E-state index contributed by atoms with van der Waals surface area (Å²) in [5.41, 5.74) is -0.338. The second kappa shape index (κ2) is 8.61. The maximum Gasteiger partial charge on any atom is 0.416 e. The molecule has 0 aliphatic carbocycles. The lowest BCUT2D eigenvalue weighted by Gasteiger charge is -2.32.